The summed E-state index contributed by atoms with van der Waals surface area (Å²) >= 11 is 0. The summed E-state index contributed by atoms with van der Waals surface area (Å²) in [5.41, 5.74) is 3.44. The van der Waals surface area contributed by atoms with Gasteiger partial charge in [-0.3, -0.25) is 0 Å². The fourth-order valence-electron chi connectivity index (χ4n) is 3.28. The van der Waals surface area contributed by atoms with Crippen molar-refractivity contribution in [2.75, 3.05) is 29.9 Å². The molecule has 1 aliphatic rings. The lowest BCUT2D eigenvalue weighted by Gasteiger charge is -2.21. The van der Waals surface area contributed by atoms with E-state index in [0.717, 1.165) is 31.6 Å². The summed E-state index contributed by atoms with van der Waals surface area (Å²) in [6.07, 6.45) is 2.27. The quantitative estimate of drug-likeness (QED) is 0.787. The van der Waals surface area contributed by atoms with Crippen LogP contribution in [-0.2, 0) is 5.41 Å². The molecule has 0 saturated heterocycles. The van der Waals surface area contributed by atoms with Crippen molar-refractivity contribution in [1.29, 1.82) is 0 Å². The van der Waals surface area contributed by atoms with Gasteiger partial charge in [0.2, 0.25) is 0 Å². The van der Waals surface area contributed by atoms with Gasteiger partial charge in [-0.15, -0.1) is 0 Å². The Morgan fingerprint density at radius 3 is 2.20 bits per heavy atom. The van der Waals surface area contributed by atoms with Gasteiger partial charge in [0, 0.05) is 36.4 Å². The number of amides is 2. The van der Waals surface area contributed by atoms with Gasteiger partial charge in [0.1, 0.15) is 0 Å². The fourth-order valence-corrected chi connectivity index (χ4v) is 3.28. The average Bonchev–Trinajstić information content (AvgIpc) is 3.44. The number of benzene rings is 2. The molecule has 3 rings (SSSR count). The number of nitrogens with zero attached hydrogens (tertiary/aromatic N) is 1. The summed E-state index contributed by atoms with van der Waals surface area (Å²) in [4.78, 5) is 14.5. The molecule has 2 aromatic rings. The lowest BCUT2D eigenvalue weighted by atomic mass is 9.96. The molecule has 4 heteroatoms. The first kappa shape index (κ1) is 17.3. The molecule has 0 bridgehead atoms. The second-order valence-electron chi connectivity index (χ2n) is 6.67. The molecule has 0 spiro atoms. The van der Waals surface area contributed by atoms with E-state index in [1.54, 1.807) is 0 Å². The van der Waals surface area contributed by atoms with Crippen LogP contribution in [0.25, 0.3) is 0 Å². The number of hydrogen-bond acceptors (Lipinski definition) is 2. The van der Waals surface area contributed by atoms with Crippen LogP contribution >= 0.6 is 0 Å². The monoisotopic (exact) mass is 337 g/mol. The van der Waals surface area contributed by atoms with Gasteiger partial charge in [-0.25, -0.2) is 4.79 Å². The van der Waals surface area contributed by atoms with Crippen LogP contribution in [-0.4, -0.2) is 25.7 Å². The van der Waals surface area contributed by atoms with Crippen LogP contribution < -0.4 is 15.5 Å². The third kappa shape index (κ3) is 4.13. The Hall–Kier alpha value is -2.49. The summed E-state index contributed by atoms with van der Waals surface area (Å²) in [6.45, 7) is 6.92. The molecule has 2 aromatic carbocycles. The van der Waals surface area contributed by atoms with E-state index >= 15 is 0 Å². The highest BCUT2D eigenvalue weighted by Crippen LogP contribution is 2.47. The van der Waals surface area contributed by atoms with Gasteiger partial charge in [-0.1, -0.05) is 30.3 Å². The smallest absolute Gasteiger partial charge is 0.319 e. The summed E-state index contributed by atoms with van der Waals surface area (Å²) in [5.74, 6) is 0. The molecule has 132 valence electrons. The molecule has 2 N–H and O–H groups in total. The van der Waals surface area contributed by atoms with Crippen LogP contribution in [0.1, 0.15) is 32.3 Å². The first-order valence-corrected chi connectivity index (χ1v) is 9.12. The number of nitrogens with one attached hydrogen (secondary N) is 2. The molecule has 4 nitrogen and oxygen atoms in total. The summed E-state index contributed by atoms with van der Waals surface area (Å²) in [6, 6.07) is 18.3. The van der Waals surface area contributed by atoms with Gasteiger partial charge in [-0.2, -0.15) is 0 Å². The van der Waals surface area contributed by atoms with Crippen LogP contribution in [0.2, 0.25) is 0 Å². The highest BCUT2D eigenvalue weighted by Gasteiger charge is 2.44. The van der Waals surface area contributed by atoms with E-state index in [1.807, 2.05) is 18.2 Å². The van der Waals surface area contributed by atoms with Crippen LogP contribution in [0.15, 0.2) is 54.6 Å². The Balaban J connectivity index is 1.53. The third-order valence-corrected chi connectivity index (χ3v) is 5.08. The Morgan fingerprint density at radius 2 is 1.64 bits per heavy atom. The van der Waals surface area contributed by atoms with E-state index in [0.29, 0.717) is 6.54 Å². The SMILES string of the molecule is CCN(CC)c1ccc(NC(=O)NCC2(c3ccccc3)CC2)cc1. The average molecular weight is 337 g/mol. The maximum absolute atomic E-state index is 12.2. The molecule has 1 aliphatic carbocycles. The standard InChI is InChI=1S/C21H27N3O/c1-3-24(4-2)19-12-10-18(11-13-19)23-20(25)22-16-21(14-15-21)17-8-6-5-7-9-17/h5-13H,3-4,14-16H2,1-2H3,(H2,22,23,25). The predicted octanol–water partition coefficient (Wildman–Crippen LogP) is 4.39. The van der Waals surface area contributed by atoms with E-state index in [-0.39, 0.29) is 11.4 Å². The summed E-state index contributed by atoms with van der Waals surface area (Å²) in [7, 11) is 0. The van der Waals surface area contributed by atoms with Crippen molar-refractivity contribution >= 4 is 17.4 Å². The van der Waals surface area contributed by atoms with Crippen LogP contribution in [0.5, 0.6) is 0 Å². The van der Waals surface area contributed by atoms with Gasteiger partial charge < -0.3 is 15.5 Å². The Kier molecular flexibility index (Phi) is 5.27. The largest absolute Gasteiger partial charge is 0.372 e. The lowest BCUT2D eigenvalue weighted by molar-refractivity contribution is 0.251. The molecule has 0 radical (unpaired) electrons. The van der Waals surface area contributed by atoms with Crippen molar-refractivity contribution in [2.45, 2.75) is 32.1 Å². The van der Waals surface area contributed by atoms with Crippen LogP contribution in [0, 0.1) is 0 Å². The van der Waals surface area contributed by atoms with Gasteiger partial charge in [0.05, 0.1) is 0 Å². The second kappa shape index (κ2) is 7.60. The second-order valence-corrected chi connectivity index (χ2v) is 6.67. The minimum atomic E-state index is -0.141. The van der Waals surface area contributed by atoms with Crippen molar-refractivity contribution in [3.63, 3.8) is 0 Å². The third-order valence-electron chi connectivity index (χ3n) is 5.08. The van der Waals surface area contributed by atoms with E-state index < -0.39 is 0 Å². The van der Waals surface area contributed by atoms with Crippen molar-refractivity contribution in [3.05, 3.63) is 60.2 Å². The van der Waals surface area contributed by atoms with Gasteiger partial charge in [0.25, 0.3) is 0 Å². The Labute approximate surface area is 150 Å². The zero-order valence-electron chi connectivity index (χ0n) is 15.1. The summed E-state index contributed by atoms with van der Waals surface area (Å²) < 4.78 is 0. The van der Waals surface area contributed by atoms with Crippen molar-refractivity contribution in [1.82, 2.24) is 5.32 Å². The first-order chi connectivity index (χ1) is 12.2. The summed E-state index contributed by atoms with van der Waals surface area (Å²) in [5, 5.41) is 5.96. The van der Waals surface area contributed by atoms with E-state index in [9.17, 15) is 4.79 Å². The van der Waals surface area contributed by atoms with Gasteiger partial charge >= 0.3 is 6.03 Å². The van der Waals surface area contributed by atoms with Crippen LogP contribution in [0.4, 0.5) is 16.2 Å². The van der Waals surface area contributed by atoms with Crippen molar-refractivity contribution < 1.29 is 4.79 Å². The molecule has 0 aromatic heterocycles. The molecule has 1 saturated carbocycles. The zero-order valence-corrected chi connectivity index (χ0v) is 15.1. The maximum atomic E-state index is 12.2. The highest BCUT2D eigenvalue weighted by molar-refractivity contribution is 5.89. The fraction of sp³-hybridized carbons (Fsp3) is 0.381. The Morgan fingerprint density at radius 1 is 1.00 bits per heavy atom. The molecule has 1 fully saturated rings. The number of anilines is 2. The van der Waals surface area contributed by atoms with E-state index in [1.165, 1.54) is 11.3 Å². The first-order valence-electron chi connectivity index (χ1n) is 9.12. The molecule has 0 unspecified atom stereocenters. The number of carbonyl (C=O) groups excluding carboxylic acids is 1. The number of hydrogen-bond donors (Lipinski definition) is 2. The minimum absolute atomic E-state index is 0.130. The van der Waals surface area contributed by atoms with Crippen LogP contribution in [0.3, 0.4) is 0 Å². The minimum Gasteiger partial charge on any atom is -0.372 e. The lowest BCUT2D eigenvalue weighted by Crippen LogP contribution is -2.35. The Bertz CT molecular complexity index is 689. The zero-order chi connectivity index (χ0) is 17.7. The van der Waals surface area contributed by atoms with E-state index in [4.69, 9.17) is 0 Å². The molecular formula is C21H27N3O. The van der Waals surface area contributed by atoms with E-state index in [2.05, 4.69) is 65.8 Å². The normalized spacial score (nSPS) is 14.6. The predicted molar refractivity (Wildman–Crippen MR) is 104 cm³/mol. The number of carbonyl (C=O) groups is 1. The number of urea groups is 1. The molecule has 0 aliphatic heterocycles. The molecule has 2 amide bonds. The van der Waals surface area contributed by atoms with Gasteiger partial charge in [0.15, 0.2) is 0 Å². The van der Waals surface area contributed by atoms with Crippen molar-refractivity contribution in [3.8, 4) is 0 Å². The number of rotatable bonds is 7. The topological polar surface area (TPSA) is 44.4 Å². The molecule has 0 atom stereocenters. The maximum Gasteiger partial charge on any atom is 0.319 e. The molecule has 0 heterocycles. The highest BCUT2D eigenvalue weighted by atomic mass is 16.2. The molecular weight excluding hydrogens is 310 g/mol. The molecule has 25 heavy (non-hydrogen) atoms. The van der Waals surface area contributed by atoms with Crippen molar-refractivity contribution in [2.24, 2.45) is 0 Å². The van der Waals surface area contributed by atoms with Gasteiger partial charge in [-0.05, 0) is 56.5 Å².